The molecule has 0 aliphatic carbocycles. The lowest BCUT2D eigenvalue weighted by Crippen LogP contribution is -2.15. The van der Waals surface area contributed by atoms with Crippen molar-refractivity contribution >= 4 is 22.5 Å². The minimum Gasteiger partial charge on any atom is -0.496 e. The molecule has 0 aliphatic rings. The molecule has 2 N–H and O–H groups in total. The second kappa shape index (κ2) is 6.66. The number of hydrogen-bond donors (Lipinski definition) is 2. The fourth-order valence-corrected chi connectivity index (χ4v) is 2.79. The molecule has 1 heterocycles. The highest BCUT2D eigenvalue weighted by molar-refractivity contribution is 5.97. The predicted octanol–water partition coefficient (Wildman–Crippen LogP) is 3.67. The van der Waals surface area contributed by atoms with Gasteiger partial charge in [0.1, 0.15) is 11.5 Å². The predicted molar refractivity (Wildman–Crippen MR) is 94.9 cm³/mol. The maximum absolute atomic E-state index is 12.5. The van der Waals surface area contributed by atoms with Gasteiger partial charge in [-0.05, 0) is 30.2 Å². The van der Waals surface area contributed by atoms with Crippen LogP contribution in [0.25, 0.3) is 10.9 Å². The van der Waals surface area contributed by atoms with Crippen LogP contribution in [0, 0.1) is 6.92 Å². The Morgan fingerprint density at radius 3 is 2.62 bits per heavy atom. The van der Waals surface area contributed by atoms with Crippen LogP contribution < -0.4 is 14.8 Å². The molecule has 0 fully saturated rings. The number of aryl methyl sites for hydroxylation is 1. The summed E-state index contributed by atoms with van der Waals surface area (Å²) in [6.45, 7) is 1.93. The van der Waals surface area contributed by atoms with Crippen LogP contribution in [0.2, 0.25) is 0 Å². The van der Waals surface area contributed by atoms with Crippen LogP contribution in [0.4, 0.5) is 5.69 Å². The van der Waals surface area contributed by atoms with Crippen LogP contribution in [-0.4, -0.2) is 25.1 Å². The summed E-state index contributed by atoms with van der Waals surface area (Å²) in [7, 11) is 3.18. The number of methoxy groups -OCH3 is 2. The molecule has 0 unspecified atom stereocenters. The zero-order valence-corrected chi connectivity index (χ0v) is 14.0. The van der Waals surface area contributed by atoms with Crippen LogP contribution in [0.1, 0.15) is 11.1 Å². The van der Waals surface area contributed by atoms with Gasteiger partial charge in [-0.2, -0.15) is 0 Å². The molecule has 124 valence electrons. The van der Waals surface area contributed by atoms with Crippen molar-refractivity contribution in [1.82, 2.24) is 4.98 Å². The SMILES string of the molecule is COc1cc(NC(=O)Cc2c[nH]c3ccccc23)c(OC)cc1C. The highest BCUT2D eigenvalue weighted by Gasteiger charge is 2.13. The second-order valence-electron chi connectivity index (χ2n) is 5.61. The summed E-state index contributed by atoms with van der Waals surface area (Å²) in [5.41, 5.74) is 3.53. The van der Waals surface area contributed by atoms with E-state index in [4.69, 9.17) is 9.47 Å². The molecule has 0 bridgehead atoms. The molecule has 1 amide bonds. The number of carbonyl (C=O) groups excluding carboxylic acids is 1. The van der Waals surface area contributed by atoms with Crippen LogP contribution >= 0.6 is 0 Å². The van der Waals surface area contributed by atoms with Crippen LogP contribution in [-0.2, 0) is 11.2 Å². The van der Waals surface area contributed by atoms with Crippen molar-refractivity contribution in [2.75, 3.05) is 19.5 Å². The van der Waals surface area contributed by atoms with Gasteiger partial charge in [0.2, 0.25) is 5.91 Å². The Hall–Kier alpha value is -2.95. The van der Waals surface area contributed by atoms with Crippen molar-refractivity contribution in [2.24, 2.45) is 0 Å². The van der Waals surface area contributed by atoms with E-state index in [-0.39, 0.29) is 12.3 Å². The number of nitrogens with one attached hydrogen (secondary N) is 2. The number of fused-ring (bicyclic) bond motifs is 1. The fourth-order valence-electron chi connectivity index (χ4n) is 2.79. The van der Waals surface area contributed by atoms with Gasteiger partial charge in [-0.3, -0.25) is 4.79 Å². The van der Waals surface area contributed by atoms with Gasteiger partial charge in [-0.1, -0.05) is 18.2 Å². The van der Waals surface area contributed by atoms with Gasteiger partial charge in [0.15, 0.2) is 0 Å². The number of carbonyl (C=O) groups is 1. The molecule has 3 aromatic rings. The lowest BCUT2D eigenvalue weighted by molar-refractivity contribution is -0.115. The van der Waals surface area contributed by atoms with E-state index < -0.39 is 0 Å². The molecule has 24 heavy (non-hydrogen) atoms. The molecule has 1 aromatic heterocycles. The van der Waals surface area contributed by atoms with Crippen molar-refractivity contribution in [3.8, 4) is 11.5 Å². The molecule has 0 saturated carbocycles. The summed E-state index contributed by atoms with van der Waals surface area (Å²) in [6.07, 6.45) is 2.15. The normalized spacial score (nSPS) is 10.6. The molecule has 5 nitrogen and oxygen atoms in total. The third-order valence-corrected chi connectivity index (χ3v) is 4.02. The number of benzene rings is 2. The second-order valence-corrected chi connectivity index (χ2v) is 5.61. The van der Waals surface area contributed by atoms with Gasteiger partial charge < -0.3 is 19.8 Å². The van der Waals surface area contributed by atoms with E-state index in [9.17, 15) is 4.79 Å². The Bertz CT molecular complexity index is 883. The number of amides is 1. The Morgan fingerprint density at radius 1 is 1.12 bits per heavy atom. The first kappa shape index (κ1) is 15.9. The maximum atomic E-state index is 12.5. The third-order valence-electron chi connectivity index (χ3n) is 4.02. The smallest absolute Gasteiger partial charge is 0.228 e. The Balaban J connectivity index is 1.82. The number of rotatable bonds is 5. The summed E-state index contributed by atoms with van der Waals surface area (Å²) in [5.74, 6) is 1.21. The van der Waals surface area contributed by atoms with E-state index in [0.717, 1.165) is 22.0 Å². The minimum atomic E-state index is -0.107. The van der Waals surface area contributed by atoms with Gasteiger partial charge >= 0.3 is 0 Å². The zero-order chi connectivity index (χ0) is 17.1. The van der Waals surface area contributed by atoms with Crippen LogP contribution in [0.3, 0.4) is 0 Å². The number of ether oxygens (including phenoxy) is 2. The molecule has 3 rings (SSSR count). The quantitative estimate of drug-likeness (QED) is 0.752. The van der Waals surface area contributed by atoms with Gasteiger partial charge in [-0.25, -0.2) is 0 Å². The Morgan fingerprint density at radius 2 is 1.88 bits per heavy atom. The highest BCUT2D eigenvalue weighted by Crippen LogP contribution is 2.32. The van der Waals surface area contributed by atoms with E-state index >= 15 is 0 Å². The highest BCUT2D eigenvalue weighted by atomic mass is 16.5. The number of aromatic nitrogens is 1. The average molecular weight is 324 g/mol. The Labute approximate surface area is 140 Å². The molecule has 0 saturated heterocycles. The first-order chi connectivity index (χ1) is 11.6. The number of anilines is 1. The van der Waals surface area contributed by atoms with E-state index in [1.54, 1.807) is 20.3 Å². The van der Waals surface area contributed by atoms with E-state index in [1.807, 2.05) is 43.5 Å². The first-order valence-electron chi connectivity index (χ1n) is 7.70. The summed E-state index contributed by atoms with van der Waals surface area (Å²) >= 11 is 0. The molecule has 0 spiro atoms. The monoisotopic (exact) mass is 324 g/mol. The number of hydrogen-bond acceptors (Lipinski definition) is 3. The van der Waals surface area contributed by atoms with Crippen molar-refractivity contribution in [1.29, 1.82) is 0 Å². The molecule has 2 aromatic carbocycles. The van der Waals surface area contributed by atoms with Crippen molar-refractivity contribution in [3.63, 3.8) is 0 Å². The lowest BCUT2D eigenvalue weighted by atomic mass is 10.1. The topological polar surface area (TPSA) is 63.3 Å². The van der Waals surface area contributed by atoms with Gasteiger partial charge in [0.25, 0.3) is 0 Å². The standard InChI is InChI=1S/C19H20N2O3/c1-12-8-18(24-3)16(10-17(12)23-2)21-19(22)9-13-11-20-15-7-5-4-6-14(13)15/h4-8,10-11,20H,9H2,1-3H3,(H,21,22). The summed E-state index contributed by atoms with van der Waals surface area (Å²) in [5, 5.41) is 3.97. The van der Waals surface area contributed by atoms with Gasteiger partial charge in [0.05, 0.1) is 26.3 Å². The first-order valence-corrected chi connectivity index (χ1v) is 7.70. The van der Waals surface area contributed by atoms with Crippen molar-refractivity contribution in [3.05, 3.63) is 53.7 Å². The molecule has 0 radical (unpaired) electrons. The number of para-hydroxylation sites is 1. The molecular weight excluding hydrogens is 304 g/mol. The molecule has 5 heteroatoms. The van der Waals surface area contributed by atoms with Crippen molar-refractivity contribution < 1.29 is 14.3 Å². The molecule has 0 atom stereocenters. The summed E-state index contributed by atoms with van der Waals surface area (Å²) in [4.78, 5) is 15.6. The molecular formula is C19H20N2O3. The van der Waals surface area contributed by atoms with Crippen LogP contribution in [0.15, 0.2) is 42.6 Å². The number of H-pyrrole nitrogens is 1. The zero-order valence-electron chi connectivity index (χ0n) is 14.0. The molecule has 0 aliphatic heterocycles. The van der Waals surface area contributed by atoms with E-state index in [0.29, 0.717) is 17.2 Å². The third kappa shape index (κ3) is 3.06. The van der Waals surface area contributed by atoms with Gasteiger partial charge in [-0.15, -0.1) is 0 Å². The maximum Gasteiger partial charge on any atom is 0.228 e. The van der Waals surface area contributed by atoms with E-state index in [1.165, 1.54) is 0 Å². The summed E-state index contributed by atoms with van der Waals surface area (Å²) in [6, 6.07) is 11.5. The lowest BCUT2D eigenvalue weighted by Gasteiger charge is -2.13. The van der Waals surface area contributed by atoms with Crippen molar-refractivity contribution in [2.45, 2.75) is 13.3 Å². The average Bonchev–Trinajstić information content (AvgIpc) is 2.99. The Kier molecular flexibility index (Phi) is 4.42. The van der Waals surface area contributed by atoms with Crippen LogP contribution in [0.5, 0.6) is 11.5 Å². The fraction of sp³-hybridized carbons (Fsp3) is 0.211. The number of aromatic amines is 1. The van der Waals surface area contributed by atoms with Gasteiger partial charge in [0, 0.05) is 23.2 Å². The summed E-state index contributed by atoms with van der Waals surface area (Å²) < 4.78 is 10.7. The largest absolute Gasteiger partial charge is 0.496 e. The minimum absolute atomic E-state index is 0.107. The van der Waals surface area contributed by atoms with E-state index in [2.05, 4.69) is 10.3 Å².